The molecule has 1 atom stereocenters. The summed E-state index contributed by atoms with van der Waals surface area (Å²) in [4.78, 5) is 13.6. The largest absolute Gasteiger partial charge is 0.308 e. The van der Waals surface area contributed by atoms with E-state index in [0.29, 0.717) is 0 Å². The summed E-state index contributed by atoms with van der Waals surface area (Å²) in [5.41, 5.74) is 2.33. The van der Waals surface area contributed by atoms with Gasteiger partial charge in [0.25, 0.3) is 0 Å². The third-order valence-electron chi connectivity index (χ3n) is 2.48. The van der Waals surface area contributed by atoms with E-state index >= 15 is 0 Å². The molecule has 1 unspecified atom stereocenters. The zero-order valence-corrected chi connectivity index (χ0v) is 11.2. The number of carbonyl (C=O) groups is 1. The van der Waals surface area contributed by atoms with Crippen LogP contribution in [0.1, 0.15) is 24.0 Å². The average Bonchev–Trinajstić information content (AvgIpc) is 2.13. The van der Waals surface area contributed by atoms with Gasteiger partial charge in [-0.2, -0.15) is 0 Å². The number of nitrogens with zero attached hydrogens (tertiary/aromatic N) is 1. The van der Waals surface area contributed by atoms with E-state index in [9.17, 15) is 4.79 Å². The number of rotatable bonds is 4. The van der Waals surface area contributed by atoms with Crippen molar-refractivity contribution in [3.05, 3.63) is 35.4 Å². The number of hydrogen-bond donors (Lipinski definition) is 0. The average molecular weight is 242 g/mol. The molecule has 0 aliphatic carbocycles. The maximum absolute atomic E-state index is 11.6. The van der Waals surface area contributed by atoms with Crippen molar-refractivity contribution in [3.8, 4) is 0 Å². The zero-order chi connectivity index (χ0) is 11.4. The lowest BCUT2D eigenvalue weighted by Gasteiger charge is -2.19. The van der Waals surface area contributed by atoms with Crippen LogP contribution in [0.3, 0.4) is 0 Å². The first-order valence-corrected chi connectivity index (χ1v) is 5.22. The van der Waals surface area contributed by atoms with Crippen LogP contribution < -0.4 is 0 Å². The molecular weight excluding hydrogens is 222 g/mol. The highest BCUT2D eigenvalue weighted by molar-refractivity contribution is 5.85. The number of halogens is 1. The molecule has 0 radical (unpaired) electrons. The zero-order valence-electron chi connectivity index (χ0n) is 10.4. The molecule has 0 heterocycles. The lowest BCUT2D eigenvalue weighted by molar-refractivity contribution is -0.118. The van der Waals surface area contributed by atoms with E-state index in [1.54, 1.807) is 6.92 Å². The van der Waals surface area contributed by atoms with E-state index in [0.717, 1.165) is 12.1 Å². The molecule has 0 aromatic heterocycles. The van der Waals surface area contributed by atoms with Gasteiger partial charge in [-0.15, -0.1) is 12.4 Å². The number of carbonyl (C=O) groups excluding carboxylic acids is 1. The second kappa shape index (κ2) is 6.66. The fourth-order valence-electron chi connectivity index (χ4n) is 1.72. The summed E-state index contributed by atoms with van der Waals surface area (Å²) >= 11 is 0. The van der Waals surface area contributed by atoms with Crippen LogP contribution in [0.5, 0.6) is 0 Å². The lowest BCUT2D eigenvalue weighted by atomic mass is 9.94. The third-order valence-corrected chi connectivity index (χ3v) is 2.48. The van der Waals surface area contributed by atoms with Gasteiger partial charge in [0.05, 0.1) is 5.92 Å². The molecule has 1 aromatic carbocycles. The molecule has 2 nitrogen and oxygen atoms in total. The van der Waals surface area contributed by atoms with Crippen molar-refractivity contribution in [2.24, 2.45) is 0 Å². The van der Waals surface area contributed by atoms with Crippen LogP contribution in [0.2, 0.25) is 0 Å². The molecule has 0 N–H and O–H groups in total. The second-order valence-corrected chi connectivity index (χ2v) is 4.34. The minimum atomic E-state index is -0.0000926. The Morgan fingerprint density at radius 1 is 1.38 bits per heavy atom. The molecule has 0 fully saturated rings. The standard InChI is InChI=1S/C13H19NO.ClH/c1-10-6-5-7-12(8-10)13(11(2)15)9-14(3)4;/h5-8,13H,9H2,1-4H3;1H. The van der Waals surface area contributed by atoms with Gasteiger partial charge in [-0.25, -0.2) is 0 Å². The van der Waals surface area contributed by atoms with Gasteiger partial charge in [0.2, 0.25) is 0 Å². The topological polar surface area (TPSA) is 20.3 Å². The Bertz CT molecular complexity index is 350. The van der Waals surface area contributed by atoms with Gasteiger partial charge in [0, 0.05) is 6.54 Å². The van der Waals surface area contributed by atoms with Crippen molar-refractivity contribution in [2.75, 3.05) is 20.6 Å². The van der Waals surface area contributed by atoms with Gasteiger partial charge in [0.1, 0.15) is 5.78 Å². The highest BCUT2D eigenvalue weighted by atomic mass is 35.5. The molecule has 0 bridgehead atoms. The Balaban J connectivity index is 0.00000225. The lowest BCUT2D eigenvalue weighted by Crippen LogP contribution is -2.24. The summed E-state index contributed by atoms with van der Waals surface area (Å²) in [6, 6.07) is 8.19. The Morgan fingerprint density at radius 3 is 2.44 bits per heavy atom. The van der Waals surface area contributed by atoms with Crippen LogP contribution in [0.15, 0.2) is 24.3 Å². The SMILES string of the molecule is CC(=O)C(CN(C)C)c1cccc(C)c1.Cl. The Hall–Kier alpha value is -0.860. The summed E-state index contributed by atoms with van der Waals surface area (Å²) in [5.74, 6) is 0.231. The smallest absolute Gasteiger partial charge is 0.138 e. The molecule has 90 valence electrons. The summed E-state index contributed by atoms with van der Waals surface area (Å²) in [7, 11) is 3.98. The van der Waals surface area contributed by atoms with E-state index < -0.39 is 0 Å². The van der Waals surface area contributed by atoms with E-state index in [4.69, 9.17) is 0 Å². The highest BCUT2D eigenvalue weighted by Gasteiger charge is 2.17. The van der Waals surface area contributed by atoms with Crippen molar-refractivity contribution >= 4 is 18.2 Å². The molecule has 0 saturated heterocycles. The first-order valence-electron chi connectivity index (χ1n) is 5.22. The molecule has 0 amide bonds. The molecular formula is C13H20ClNO. The molecule has 16 heavy (non-hydrogen) atoms. The number of Topliss-reactive ketones (excluding diaryl/α,β-unsaturated/α-hetero) is 1. The number of aryl methyl sites for hydroxylation is 1. The van der Waals surface area contributed by atoms with Gasteiger partial charge in [-0.1, -0.05) is 29.8 Å². The van der Waals surface area contributed by atoms with Crippen LogP contribution in [-0.2, 0) is 4.79 Å². The quantitative estimate of drug-likeness (QED) is 0.808. The van der Waals surface area contributed by atoms with Crippen molar-refractivity contribution in [3.63, 3.8) is 0 Å². The van der Waals surface area contributed by atoms with E-state index in [-0.39, 0.29) is 24.1 Å². The Labute approximate surface area is 104 Å². The Morgan fingerprint density at radius 2 is 2.00 bits per heavy atom. The molecule has 1 rings (SSSR count). The third kappa shape index (κ3) is 4.33. The molecule has 0 saturated carbocycles. The van der Waals surface area contributed by atoms with Crippen molar-refractivity contribution in [1.82, 2.24) is 4.90 Å². The van der Waals surface area contributed by atoms with E-state index in [2.05, 4.69) is 24.0 Å². The predicted octanol–water partition coefficient (Wildman–Crippen LogP) is 2.65. The predicted molar refractivity (Wildman–Crippen MR) is 70.4 cm³/mol. The van der Waals surface area contributed by atoms with Gasteiger partial charge < -0.3 is 4.90 Å². The van der Waals surface area contributed by atoms with E-state index in [1.807, 2.05) is 26.2 Å². The van der Waals surface area contributed by atoms with Gasteiger partial charge in [0.15, 0.2) is 0 Å². The normalized spacial score (nSPS) is 12.1. The van der Waals surface area contributed by atoms with Crippen molar-refractivity contribution < 1.29 is 4.79 Å². The molecule has 1 aromatic rings. The maximum Gasteiger partial charge on any atom is 0.138 e. The van der Waals surface area contributed by atoms with Crippen LogP contribution in [-0.4, -0.2) is 31.3 Å². The summed E-state index contributed by atoms with van der Waals surface area (Å²) < 4.78 is 0. The maximum atomic E-state index is 11.6. The van der Waals surface area contributed by atoms with Crippen molar-refractivity contribution in [2.45, 2.75) is 19.8 Å². The molecule has 0 aliphatic heterocycles. The van der Waals surface area contributed by atoms with Gasteiger partial charge >= 0.3 is 0 Å². The Kier molecular flexibility index (Phi) is 6.31. The fourth-order valence-corrected chi connectivity index (χ4v) is 1.72. The van der Waals surface area contributed by atoms with Crippen LogP contribution >= 0.6 is 12.4 Å². The fraction of sp³-hybridized carbons (Fsp3) is 0.462. The molecule has 0 aliphatic rings. The number of likely N-dealkylation sites (N-methyl/N-ethyl adjacent to an activating group) is 1. The number of benzene rings is 1. The van der Waals surface area contributed by atoms with Crippen LogP contribution in [0.4, 0.5) is 0 Å². The molecule has 3 heteroatoms. The minimum Gasteiger partial charge on any atom is -0.308 e. The van der Waals surface area contributed by atoms with E-state index in [1.165, 1.54) is 5.56 Å². The van der Waals surface area contributed by atoms with Crippen LogP contribution in [0.25, 0.3) is 0 Å². The van der Waals surface area contributed by atoms with Crippen molar-refractivity contribution in [1.29, 1.82) is 0 Å². The first kappa shape index (κ1) is 15.1. The van der Waals surface area contributed by atoms with Crippen LogP contribution in [0, 0.1) is 6.92 Å². The summed E-state index contributed by atoms with van der Waals surface area (Å²) in [6.45, 7) is 4.49. The summed E-state index contributed by atoms with van der Waals surface area (Å²) in [5, 5.41) is 0. The molecule has 0 spiro atoms. The monoisotopic (exact) mass is 241 g/mol. The highest BCUT2D eigenvalue weighted by Crippen LogP contribution is 2.18. The van der Waals surface area contributed by atoms with Gasteiger partial charge in [-0.05, 0) is 33.5 Å². The number of ketones is 1. The second-order valence-electron chi connectivity index (χ2n) is 4.34. The van der Waals surface area contributed by atoms with Gasteiger partial charge in [-0.3, -0.25) is 4.79 Å². The first-order chi connectivity index (χ1) is 7.00. The minimum absolute atomic E-state index is 0. The number of hydrogen-bond acceptors (Lipinski definition) is 2. The summed E-state index contributed by atoms with van der Waals surface area (Å²) in [6.07, 6.45) is 0.